The van der Waals surface area contributed by atoms with E-state index in [0.717, 1.165) is 6.42 Å². The normalized spacial score (nSPS) is 18.1. The second-order valence-electron chi connectivity index (χ2n) is 9.05. The Morgan fingerprint density at radius 2 is 1.94 bits per heavy atom. The number of amides is 3. The van der Waals surface area contributed by atoms with Crippen LogP contribution in [0.1, 0.15) is 47.0 Å². The zero-order chi connectivity index (χ0) is 25.7. The molecule has 5 N–H and O–H groups in total. The quantitative estimate of drug-likeness (QED) is 0.106. The Morgan fingerprint density at radius 1 is 1.24 bits per heavy atom. The molecule has 1 aliphatic heterocycles. The van der Waals surface area contributed by atoms with Crippen LogP contribution in [-0.4, -0.2) is 99.4 Å². The van der Waals surface area contributed by atoms with Gasteiger partial charge in [-0.2, -0.15) is 5.10 Å². The van der Waals surface area contributed by atoms with E-state index in [1.54, 1.807) is 26.0 Å². The Balaban J connectivity index is 2.71. The highest BCUT2D eigenvalue weighted by Crippen LogP contribution is 2.20. The molecule has 0 aliphatic carbocycles. The fourth-order valence-electron chi connectivity index (χ4n) is 3.22. The van der Waals surface area contributed by atoms with E-state index in [0.29, 0.717) is 31.9 Å². The van der Waals surface area contributed by atoms with Crippen molar-refractivity contribution in [2.24, 2.45) is 10.1 Å². The minimum absolute atomic E-state index is 0.163. The summed E-state index contributed by atoms with van der Waals surface area (Å²) in [5, 5.41) is 15.9. The molecule has 0 saturated carbocycles. The second-order valence-corrected chi connectivity index (χ2v) is 9.05. The van der Waals surface area contributed by atoms with Gasteiger partial charge in [0.05, 0.1) is 18.2 Å². The van der Waals surface area contributed by atoms with E-state index in [1.165, 1.54) is 13.1 Å². The van der Waals surface area contributed by atoms with Gasteiger partial charge in [0.25, 0.3) is 0 Å². The molecule has 0 aromatic carbocycles. The predicted octanol–water partition coefficient (Wildman–Crippen LogP) is -0.828. The number of rotatable bonds is 12. The van der Waals surface area contributed by atoms with E-state index >= 15 is 0 Å². The molecule has 1 saturated heterocycles. The molecule has 0 spiro atoms. The molecule has 1 heterocycles. The van der Waals surface area contributed by atoms with Gasteiger partial charge in [0, 0.05) is 40.3 Å². The first-order valence-corrected chi connectivity index (χ1v) is 11.6. The molecule has 12 heteroatoms. The average Bonchev–Trinajstić information content (AvgIpc) is 2.72. The maximum atomic E-state index is 13.0. The summed E-state index contributed by atoms with van der Waals surface area (Å²) in [6, 6.07) is -1.48. The van der Waals surface area contributed by atoms with E-state index in [2.05, 4.69) is 36.8 Å². The first-order chi connectivity index (χ1) is 16.0. The molecule has 0 bridgehead atoms. The molecule has 0 aromatic heterocycles. The highest BCUT2D eigenvalue weighted by molar-refractivity contribution is 5.92. The highest BCUT2D eigenvalue weighted by Gasteiger charge is 2.40. The predicted molar refractivity (Wildman–Crippen MR) is 133 cm³/mol. The summed E-state index contributed by atoms with van der Waals surface area (Å²) in [7, 11) is 5.16. The van der Waals surface area contributed by atoms with Gasteiger partial charge in [0.1, 0.15) is 12.1 Å². The van der Waals surface area contributed by atoms with E-state index < -0.39 is 18.1 Å². The van der Waals surface area contributed by atoms with Crippen LogP contribution in [-0.2, 0) is 19.1 Å². The van der Waals surface area contributed by atoms with Crippen molar-refractivity contribution in [3.05, 3.63) is 0 Å². The molecule has 1 aliphatic rings. The molecule has 34 heavy (non-hydrogen) atoms. The molecular formula is C22H42N8O4. The van der Waals surface area contributed by atoms with Gasteiger partial charge >= 0.3 is 0 Å². The van der Waals surface area contributed by atoms with Crippen molar-refractivity contribution < 1.29 is 19.1 Å². The maximum Gasteiger partial charge on any atom is 0.243 e. The molecule has 1 fully saturated rings. The van der Waals surface area contributed by atoms with Crippen LogP contribution >= 0.6 is 0 Å². The van der Waals surface area contributed by atoms with Crippen molar-refractivity contribution in [3.63, 3.8) is 0 Å². The zero-order valence-corrected chi connectivity index (χ0v) is 21.5. The van der Waals surface area contributed by atoms with Gasteiger partial charge in [0.2, 0.25) is 17.7 Å². The Bertz CT molecular complexity index is 735. The van der Waals surface area contributed by atoms with Crippen molar-refractivity contribution in [1.82, 2.24) is 31.6 Å². The summed E-state index contributed by atoms with van der Waals surface area (Å²) in [5.74, 6) is -0.0356. The molecule has 1 rings (SSSR count). The molecule has 0 unspecified atom stereocenters. The first kappa shape index (κ1) is 29.3. The standard InChI is InChI=1S/C22H42N8O4/c1-15(31)29-27-13-16(9-8-11-26-21(24-6)25-7)28-19(32)18-10-12-30(18)20(33)17(23-5)14-34-22(2,3)4/h13,16-18,23H,8-12,14H2,1-7H3,(H,28,32)(H,29,31)(H2,24,25,26)/b27-13-/t16-,17+,18-/m0/s1. The fourth-order valence-corrected chi connectivity index (χ4v) is 3.22. The van der Waals surface area contributed by atoms with Crippen LogP contribution in [0.5, 0.6) is 0 Å². The summed E-state index contributed by atoms with van der Waals surface area (Å²) in [5.41, 5.74) is 1.99. The number of hydrogen-bond donors (Lipinski definition) is 5. The first-order valence-electron chi connectivity index (χ1n) is 11.6. The average molecular weight is 483 g/mol. The van der Waals surface area contributed by atoms with Gasteiger partial charge in [-0.25, -0.2) is 5.43 Å². The summed E-state index contributed by atoms with van der Waals surface area (Å²) >= 11 is 0. The van der Waals surface area contributed by atoms with Gasteiger partial charge in [0.15, 0.2) is 5.96 Å². The van der Waals surface area contributed by atoms with Gasteiger partial charge in [-0.05, 0) is 47.1 Å². The number of nitrogens with one attached hydrogen (secondary N) is 5. The smallest absolute Gasteiger partial charge is 0.243 e. The van der Waals surface area contributed by atoms with Gasteiger partial charge in [-0.3, -0.25) is 19.4 Å². The number of hydrazone groups is 1. The van der Waals surface area contributed by atoms with Crippen LogP contribution in [0.2, 0.25) is 0 Å². The Kier molecular flexibility index (Phi) is 12.5. The summed E-state index contributed by atoms with van der Waals surface area (Å²) < 4.78 is 5.75. The molecule has 0 aromatic rings. The van der Waals surface area contributed by atoms with Crippen molar-refractivity contribution in [2.75, 3.05) is 40.8 Å². The largest absolute Gasteiger partial charge is 0.374 e. The van der Waals surface area contributed by atoms with E-state index in [-0.39, 0.29) is 29.9 Å². The lowest BCUT2D eigenvalue weighted by Crippen LogP contribution is -2.63. The lowest BCUT2D eigenvalue weighted by atomic mass is 9.99. The van der Waals surface area contributed by atoms with E-state index in [4.69, 9.17) is 4.74 Å². The second kappa shape index (κ2) is 14.5. The van der Waals surface area contributed by atoms with Crippen molar-refractivity contribution >= 4 is 29.9 Å². The molecule has 3 atom stereocenters. The molecule has 0 radical (unpaired) electrons. The van der Waals surface area contributed by atoms with Crippen LogP contribution in [0, 0.1) is 0 Å². The topological polar surface area (TPSA) is 149 Å². The molecule has 12 nitrogen and oxygen atoms in total. The van der Waals surface area contributed by atoms with Gasteiger partial charge in [-0.15, -0.1) is 0 Å². The number of carbonyl (C=O) groups excluding carboxylic acids is 3. The SMILES string of the molecule is CN=C(NC)NCCC[C@@H](/C=N\NC(C)=O)NC(=O)[C@@H]1CCN1C(=O)[C@@H](COC(C)(C)C)NC. The highest BCUT2D eigenvalue weighted by atomic mass is 16.5. The van der Waals surface area contributed by atoms with Crippen molar-refractivity contribution in [2.45, 2.75) is 70.7 Å². The van der Waals surface area contributed by atoms with E-state index in [9.17, 15) is 14.4 Å². The van der Waals surface area contributed by atoms with Crippen LogP contribution in [0.15, 0.2) is 10.1 Å². The van der Waals surface area contributed by atoms with Crippen molar-refractivity contribution in [3.8, 4) is 0 Å². The Labute approximate surface area is 202 Å². The monoisotopic (exact) mass is 482 g/mol. The van der Waals surface area contributed by atoms with E-state index in [1.807, 2.05) is 20.8 Å². The lowest BCUT2D eigenvalue weighted by molar-refractivity contribution is -0.151. The number of carbonyl (C=O) groups is 3. The maximum absolute atomic E-state index is 13.0. The van der Waals surface area contributed by atoms with Crippen LogP contribution < -0.4 is 26.7 Å². The third kappa shape index (κ3) is 10.5. The summed E-state index contributed by atoms with van der Waals surface area (Å²) in [6.07, 6.45) is 3.40. The number of hydrogen-bond acceptors (Lipinski definition) is 7. The molecular weight excluding hydrogens is 440 g/mol. The Morgan fingerprint density at radius 3 is 2.44 bits per heavy atom. The van der Waals surface area contributed by atoms with Crippen LogP contribution in [0.4, 0.5) is 0 Å². The van der Waals surface area contributed by atoms with Gasteiger partial charge in [-0.1, -0.05) is 0 Å². The summed E-state index contributed by atoms with van der Waals surface area (Å²) in [4.78, 5) is 42.7. The van der Waals surface area contributed by atoms with Gasteiger partial charge < -0.3 is 30.9 Å². The minimum Gasteiger partial charge on any atom is -0.374 e. The number of guanidine groups is 1. The van der Waals surface area contributed by atoms with Crippen LogP contribution in [0.25, 0.3) is 0 Å². The Hall–Kier alpha value is -2.73. The van der Waals surface area contributed by atoms with Crippen LogP contribution in [0.3, 0.4) is 0 Å². The third-order valence-corrected chi connectivity index (χ3v) is 5.18. The number of likely N-dealkylation sites (N-methyl/N-ethyl adjacent to an activating group) is 1. The fraction of sp³-hybridized carbons (Fsp3) is 0.773. The third-order valence-electron chi connectivity index (χ3n) is 5.18. The number of nitrogens with zero attached hydrogens (tertiary/aromatic N) is 3. The number of aliphatic imine (C=N–C) groups is 1. The minimum atomic E-state index is -0.545. The molecule has 194 valence electrons. The lowest BCUT2D eigenvalue weighted by Gasteiger charge is -2.42. The molecule has 3 amide bonds. The van der Waals surface area contributed by atoms with Crippen molar-refractivity contribution in [1.29, 1.82) is 0 Å². The number of ether oxygens (including phenoxy) is 1. The number of likely N-dealkylation sites (tertiary alicyclic amines) is 1. The zero-order valence-electron chi connectivity index (χ0n) is 21.5. The summed E-state index contributed by atoms with van der Waals surface area (Å²) in [6.45, 7) is 8.52.